The number of amides is 2. The van der Waals surface area contributed by atoms with Crippen molar-refractivity contribution in [2.75, 3.05) is 36.6 Å². The molecule has 10 nitrogen and oxygen atoms in total. The van der Waals surface area contributed by atoms with Crippen LogP contribution in [0.2, 0.25) is 0 Å². The van der Waals surface area contributed by atoms with Gasteiger partial charge in [0.15, 0.2) is 5.82 Å². The third-order valence-electron chi connectivity index (χ3n) is 6.32. The second kappa shape index (κ2) is 8.60. The molecule has 1 saturated carbocycles. The van der Waals surface area contributed by atoms with Gasteiger partial charge >= 0.3 is 6.09 Å². The molecule has 3 aliphatic rings. The first kappa shape index (κ1) is 20.9. The summed E-state index contributed by atoms with van der Waals surface area (Å²) in [4.78, 5) is 35.5. The third kappa shape index (κ3) is 4.16. The van der Waals surface area contributed by atoms with Crippen molar-refractivity contribution in [1.82, 2.24) is 14.4 Å². The SMILES string of the molecule is O=C(Nc1cn2cc(-c3cnc4c(c3)N(C(=O)OC3CCOCC3)CCO4)ccc2n1)C1CC1. The number of rotatable bonds is 4. The van der Waals surface area contributed by atoms with Crippen LogP contribution in [0.1, 0.15) is 25.7 Å². The molecule has 0 unspecified atom stereocenters. The zero-order chi connectivity index (χ0) is 23.1. The van der Waals surface area contributed by atoms with Gasteiger partial charge < -0.3 is 23.9 Å². The first-order chi connectivity index (χ1) is 16.6. The molecule has 2 fully saturated rings. The van der Waals surface area contributed by atoms with E-state index in [-0.39, 0.29) is 17.9 Å². The van der Waals surface area contributed by atoms with Gasteiger partial charge in [-0.1, -0.05) is 0 Å². The highest BCUT2D eigenvalue weighted by molar-refractivity contribution is 5.93. The number of nitrogens with one attached hydrogen (secondary N) is 1. The van der Waals surface area contributed by atoms with Crippen LogP contribution in [0.5, 0.6) is 5.88 Å². The van der Waals surface area contributed by atoms with Gasteiger partial charge in [-0.15, -0.1) is 0 Å². The van der Waals surface area contributed by atoms with E-state index >= 15 is 0 Å². The Balaban J connectivity index is 1.25. The maximum Gasteiger partial charge on any atom is 0.414 e. The molecular weight excluding hydrogens is 438 g/mol. The number of imidazole rings is 1. The van der Waals surface area contributed by atoms with E-state index in [1.54, 1.807) is 17.3 Å². The highest BCUT2D eigenvalue weighted by atomic mass is 16.6. The topological polar surface area (TPSA) is 107 Å². The van der Waals surface area contributed by atoms with Crippen LogP contribution in [0.25, 0.3) is 16.8 Å². The van der Waals surface area contributed by atoms with Crippen LogP contribution in [0.15, 0.2) is 36.8 Å². The number of hydrogen-bond donors (Lipinski definition) is 1. The Hall–Kier alpha value is -3.66. The minimum atomic E-state index is -0.392. The number of ether oxygens (including phenoxy) is 3. The van der Waals surface area contributed by atoms with E-state index in [4.69, 9.17) is 14.2 Å². The molecular formula is C24H25N5O5. The predicted octanol–water partition coefficient (Wildman–Crippen LogP) is 3.26. The Labute approximate surface area is 195 Å². The van der Waals surface area contributed by atoms with Crippen LogP contribution in [0.3, 0.4) is 0 Å². The first-order valence-corrected chi connectivity index (χ1v) is 11.6. The number of aromatic nitrogens is 3. The Kier molecular flexibility index (Phi) is 5.29. The molecule has 3 aromatic rings. The van der Waals surface area contributed by atoms with Crippen LogP contribution in [0, 0.1) is 5.92 Å². The highest BCUT2D eigenvalue weighted by Crippen LogP contribution is 2.35. The van der Waals surface area contributed by atoms with Crippen molar-refractivity contribution in [3.05, 3.63) is 36.8 Å². The molecule has 0 radical (unpaired) electrons. The minimum Gasteiger partial charge on any atom is -0.474 e. The normalized spacial score (nSPS) is 18.3. The van der Waals surface area contributed by atoms with Crippen molar-refractivity contribution < 1.29 is 23.8 Å². The molecule has 3 aromatic heterocycles. The van der Waals surface area contributed by atoms with Crippen molar-refractivity contribution in [3.8, 4) is 17.0 Å². The zero-order valence-electron chi connectivity index (χ0n) is 18.6. The maximum atomic E-state index is 12.9. The predicted molar refractivity (Wildman–Crippen MR) is 123 cm³/mol. The summed E-state index contributed by atoms with van der Waals surface area (Å²) >= 11 is 0. The quantitative estimate of drug-likeness (QED) is 0.633. The van der Waals surface area contributed by atoms with Gasteiger partial charge in [0.2, 0.25) is 11.8 Å². The molecule has 1 saturated heterocycles. The lowest BCUT2D eigenvalue weighted by Gasteiger charge is -2.31. The molecule has 0 spiro atoms. The molecule has 2 amide bonds. The summed E-state index contributed by atoms with van der Waals surface area (Å²) in [6.07, 6.45) is 8.21. The van der Waals surface area contributed by atoms with E-state index in [9.17, 15) is 9.59 Å². The fourth-order valence-corrected chi connectivity index (χ4v) is 4.24. The Bertz CT molecular complexity index is 1250. The summed E-state index contributed by atoms with van der Waals surface area (Å²) in [5.74, 6) is 1.08. The molecule has 34 heavy (non-hydrogen) atoms. The number of hydrogen-bond acceptors (Lipinski definition) is 7. The summed E-state index contributed by atoms with van der Waals surface area (Å²) in [7, 11) is 0. The number of carbonyl (C=O) groups excluding carboxylic acids is 2. The fraction of sp³-hybridized carbons (Fsp3) is 0.417. The highest BCUT2D eigenvalue weighted by Gasteiger charge is 2.30. The standard InChI is InChI=1S/C24H25N5O5/c30-22(15-1-2-15)27-20-14-28-13-16(3-4-21(28)26-20)17-11-19-23(25-12-17)33-10-7-29(19)24(31)34-18-5-8-32-9-6-18/h3-4,11-15,18H,1-2,5-10H2,(H,27,30). The van der Waals surface area contributed by atoms with Crippen molar-refractivity contribution in [2.45, 2.75) is 31.8 Å². The van der Waals surface area contributed by atoms with Gasteiger partial charge in [0.25, 0.3) is 0 Å². The molecule has 5 heterocycles. The summed E-state index contributed by atoms with van der Waals surface area (Å²) in [6.45, 7) is 1.96. The van der Waals surface area contributed by atoms with Crippen LogP contribution < -0.4 is 15.0 Å². The first-order valence-electron chi connectivity index (χ1n) is 11.6. The van der Waals surface area contributed by atoms with E-state index < -0.39 is 6.09 Å². The number of fused-ring (bicyclic) bond motifs is 2. The number of nitrogens with zero attached hydrogens (tertiary/aromatic N) is 4. The monoisotopic (exact) mass is 463 g/mol. The lowest BCUT2D eigenvalue weighted by molar-refractivity contribution is -0.117. The summed E-state index contributed by atoms with van der Waals surface area (Å²) < 4.78 is 18.6. The second-order valence-electron chi connectivity index (χ2n) is 8.82. The van der Waals surface area contributed by atoms with Gasteiger partial charge in [0, 0.05) is 42.3 Å². The Morgan fingerprint density at radius 2 is 1.91 bits per heavy atom. The molecule has 176 valence electrons. The molecule has 0 bridgehead atoms. The van der Waals surface area contributed by atoms with Gasteiger partial charge in [0.1, 0.15) is 24.0 Å². The van der Waals surface area contributed by atoms with E-state index in [1.165, 1.54) is 0 Å². The van der Waals surface area contributed by atoms with Crippen LogP contribution >= 0.6 is 0 Å². The van der Waals surface area contributed by atoms with Gasteiger partial charge in [-0.2, -0.15) is 0 Å². The zero-order valence-corrected chi connectivity index (χ0v) is 18.6. The molecule has 2 aliphatic heterocycles. The van der Waals surface area contributed by atoms with Gasteiger partial charge in [-0.25, -0.2) is 14.8 Å². The van der Waals surface area contributed by atoms with Crippen LogP contribution in [-0.4, -0.2) is 58.8 Å². The van der Waals surface area contributed by atoms with Crippen molar-refractivity contribution in [2.24, 2.45) is 5.92 Å². The van der Waals surface area contributed by atoms with Crippen molar-refractivity contribution in [1.29, 1.82) is 0 Å². The van der Waals surface area contributed by atoms with E-state index in [2.05, 4.69) is 15.3 Å². The van der Waals surface area contributed by atoms with E-state index in [0.717, 1.165) is 29.6 Å². The van der Waals surface area contributed by atoms with Gasteiger partial charge in [-0.05, 0) is 31.0 Å². The molecule has 1 aliphatic carbocycles. The van der Waals surface area contributed by atoms with Crippen molar-refractivity contribution >= 4 is 29.2 Å². The molecule has 1 N–H and O–H groups in total. The smallest absolute Gasteiger partial charge is 0.414 e. The number of anilines is 2. The Morgan fingerprint density at radius 3 is 2.74 bits per heavy atom. The largest absolute Gasteiger partial charge is 0.474 e. The molecule has 6 rings (SSSR count). The minimum absolute atomic E-state index is 0.0234. The summed E-state index contributed by atoms with van der Waals surface area (Å²) in [6, 6.07) is 5.71. The van der Waals surface area contributed by atoms with Crippen LogP contribution in [-0.2, 0) is 14.3 Å². The van der Waals surface area contributed by atoms with Gasteiger partial charge in [-0.3, -0.25) is 9.69 Å². The van der Waals surface area contributed by atoms with Crippen molar-refractivity contribution in [3.63, 3.8) is 0 Å². The molecule has 0 aromatic carbocycles. The van der Waals surface area contributed by atoms with Crippen LogP contribution in [0.4, 0.5) is 16.3 Å². The third-order valence-corrected chi connectivity index (χ3v) is 6.32. The lowest BCUT2D eigenvalue weighted by atomic mass is 10.1. The summed E-state index contributed by atoms with van der Waals surface area (Å²) in [5.41, 5.74) is 3.03. The fourth-order valence-electron chi connectivity index (χ4n) is 4.24. The maximum absolute atomic E-state index is 12.9. The van der Waals surface area contributed by atoms with E-state index in [0.29, 0.717) is 56.6 Å². The summed E-state index contributed by atoms with van der Waals surface area (Å²) in [5, 5.41) is 2.88. The average Bonchev–Trinajstić information content (AvgIpc) is 3.64. The Morgan fingerprint density at radius 1 is 1.06 bits per heavy atom. The average molecular weight is 463 g/mol. The van der Waals surface area contributed by atoms with Gasteiger partial charge in [0.05, 0.1) is 26.0 Å². The van der Waals surface area contributed by atoms with E-state index in [1.807, 2.05) is 28.8 Å². The lowest BCUT2D eigenvalue weighted by Crippen LogP contribution is -2.41. The molecule has 10 heteroatoms. The molecule has 0 atom stereocenters. The number of pyridine rings is 2. The second-order valence-corrected chi connectivity index (χ2v) is 8.82. The number of carbonyl (C=O) groups is 2.